The third-order valence-corrected chi connectivity index (χ3v) is 4.52. The summed E-state index contributed by atoms with van der Waals surface area (Å²) in [7, 11) is 0. The lowest BCUT2D eigenvalue weighted by molar-refractivity contribution is -0.118. The topological polar surface area (TPSA) is 55.1 Å². The largest absolute Gasteiger partial charge is 0.398 e. The molecule has 0 atom stereocenters. The highest BCUT2D eigenvalue weighted by Crippen LogP contribution is 2.27. The van der Waals surface area contributed by atoms with Gasteiger partial charge in [0.2, 0.25) is 5.91 Å². The molecule has 21 heavy (non-hydrogen) atoms. The molecule has 3 N–H and O–H groups in total. The smallest absolute Gasteiger partial charge is 0.230 e. The summed E-state index contributed by atoms with van der Waals surface area (Å²) in [5, 5.41) is 2.91. The number of nitrogens with two attached hydrogens (primary N) is 1. The van der Waals surface area contributed by atoms with Gasteiger partial charge in [0, 0.05) is 21.6 Å². The number of halogens is 1. The van der Waals surface area contributed by atoms with Crippen LogP contribution in [0, 0.1) is 6.92 Å². The summed E-state index contributed by atoms with van der Waals surface area (Å²) in [5.74, 6) is 0.362. The number of hydrogen-bond donors (Lipinski definition) is 2. The number of amides is 1. The summed E-state index contributed by atoms with van der Waals surface area (Å²) in [6, 6.07) is 13.8. The maximum atomic E-state index is 11.9. The molecule has 0 aliphatic heterocycles. The summed E-state index contributed by atoms with van der Waals surface area (Å²) >= 11 is 4.81. The minimum absolute atomic E-state index is 0.00268. The number of rotatable bonds is 5. The molecule has 5 heteroatoms. The fraction of sp³-hybridized carbons (Fsp3) is 0.188. The molecule has 0 fully saturated rings. The van der Waals surface area contributed by atoms with E-state index in [0.29, 0.717) is 18.0 Å². The van der Waals surface area contributed by atoms with E-state index in [1.54, 1.807) is 0 Å². The van der Waals surface area contributed by atoms with Crippen LogP contribution in [0.1, 0.15) is 11.1 Å². The molecule has 0 aliphatic carbocycles. The first-order chi connectivity index (χ1) is 10.0. The highest BCUT2D eigenvalue weighted by molar-refractivity contribution is 9.10. The molecule has 3 nitrogen and oxygen atoms in total. The van der Waals surface area contributed by atoms with Crippen LogP contribution in [0.3, 0.4) is 0 Å². The van der Waals surface area contributed by atoms with Gasteiger partial charge >= 0.3 is 0 Å². The van der Waals surface area contributed by atoms with Gasteiger partial charge in [-0.05, 0) is 30.7 Å². The van der Waals surface area contributed by atoms with Gasteiger partial charge in [0.1, 0.15) is 0 Å². The molecular weight excluding hydrogens is 348 g/mol. The summed E-state index contributed by atoms with van der Waals surface area (Å²) in [6.07, 6.45) is 0. The maximum absolute atomic E-state index is 11.9. The van der Waals surface area contributed by atoms with Gasteiger partial charge in [-0.1, -0.05) is 45.8 Å². The maximum Gasteiger partial charge on any atom is 0.230 e. The Morgan fingerprint density at radius 3 is 2.62 bits per heavy atom. The molecule has 0 bridgehead atoms. The van der Waals surface area contributed by atoms with E-state index in [0.717, 1.165) is 14.9 Å². The van der Waals surface area contributed by atoms with E-state index < -0.39 is 0 Å². The zero-order valence-corrected chi connectivity index (χ0v) is 14.1. The minimum atomic E-state index is 0.00268. The Labute approximate surface area is 137 Å². The van der Waals surface area contributed by atoms with Crippen LogP contribution in [-0.2, 0) is 11.3 Å². The number of carbonyl (C=O) groups is 1. The lowest BCUT2D eigenvalue weighted by Gasteiger charge is -2.07. The lowest BCUT2D eigenvalue weighted by Crippen LogP contribution is -2.24. The standard InChI is InChI=1S/C16H17BrN2OS/c1-11-2-4-12(5-3-11)9-19-16(20)10-21-15-7-6-13(17)8-14(15)18/h2-8H,9-10,18H2,1H3,(H,19,20). The number of carbonyl (C=O) groups excluding carboxylic acids is 1. The molecular formula is C16H17BrN2OS. The quantitative estimate of drug-likeness (QED) is 0.627. The van der Waals surface area contributed by atoms with E-state index in [4.69, 9.17) is 5.73 Å². The van der Waals surface area contributed by atoms with E-state index in [-0.39, 0.29) is 5.91 Å². The second-order valence-corrected chi connectivity index (χ2v) is 6.67. The average molecular weight is 365 g/mol. The van der Waals surface area contributed by atoms with Crippen LogP contribution >= 0.6 is 27.7 Å². The van der Waals surface area contributed by atoms with Gasteiger partial charge in [-0.15, -0.1) is 11.8 Å². The molecule has 1 amide bonds. The monoisotopic (exact) mass is 364 g/mol. The van der Waals surface area contributed by atoms with E-state index in [9.17, 15) is 4.79 Å². The third kappa shape index (κ3) is 5.10. The fourth-order valence-corrected chi connectivity index (χ4v) is 2.91. The molecule has 0 radical (unpaired) electrons. The predicted octanol–water partition coefficient (Wildman–Crippen LogP) is 3.75. The van der Waals surface area contributed by atoms with Crippen molar-refractivity contribution in [1.82, 2.24) is 5.32 Å². The molecule has 0 saturated carbocycles. The minimum Gasteiger partial charge on any atom is -0.398 e. The number of benzene rings is 2. The predicted molar refractivity (Wildman–Crippen MR) is 92.3 cm³/mol. The Morgan fingerprint density at radius 2 is 1.95 bits per heavy atom. The normalized spacial score (nSPS) is 10.4. The van der Waals surface area contributed by atoms with Crippen molar-refractivity contribution >= 4 is 39.3 Å². The van der Waals surface area contributed by atoms with Crippen LogP contribution in [0.15, 0.2) is 51.8 Å². The second kappa shape index (κ2) is 7.52. The summed E-state index contributed by atoms with van der Waals surface area (Å²) in [4.78, 5) is 12.8. The van der Waals surface area contributed by atoms with E-state index in [2.05, 4.69) is 21.2 Å². The summed E-state index contributed by atoms with van der Waals surface area (Å²) in [5.41, 5.74) is 8.90. The fourth-order valence-electron chi connectivity index (χ4n) is 1.75. The van der Waals surface area contributed by atoms with Gasteiger partial charge in [0.25, 0.3) is 0 Å². The Bertz CT molecular complexity index is 629. The average Bonchev–Trinajstić information content (AvgIpc) is 2.46. The van der Waals surface area contributed by atoms with Gasteiger partial charge in [0.05, 0.1) is 5.75 Å². The van der Waals surface area contributed by atoms with Gasteiger partial charge in [-0.25, -0.2) is 0 Å². The zero-order chi connectivity index (χ0) is 15.2. The summed E-state index contributed by atoms with van der Waals surface area (Å²) < 4.78 is 0.938. The van der Waals surface area contributed by atoms with Crippen LogP contribution in [-0.4, -0.2) is 11.7 Å². The summed E-state index contributed by atoms with van der Waals surface area (Å²) in [6.45, 7) is 2.59. The SMILES string of the molecule is Cc1ccc(CNC(=O)CSc2ccc(Br)cc2N)cc1. The van der Waals surface area contributed by atoms with Crippen LogP contribution in [0.2, 0.25) is 0 Å². The van der Waals surface area contributed by atoms with Crippen molar-refractivity contribution in [3.63, 3.8) is 0 Å². The van der Waals surface area contributed by atoms with Crippen LogP contribution < -0.4 is 11.1 Å². The molecule has 2 rings (SSSR count). The Balaban J connectivity index is 1.80. The first-order valence-electron chi connectivity index (χ1n) is 6.54. The van der Waals surface area contributed by atoms with Crippen molar-refractivity contribution in [1.29, 1.82) is 0 Å². The number of nitrogens with one attached hydrogen (secondary N) is 1. The number of nitrogen functional groups attached to an aromatic ring is 1. The van der Waals surface area contributed by atoms with E-state index >= 15 is 0 Å². The molecule has 0 saturated heterocycles. The molecule has 2 aromatic rings. The number of aryl methyl sites for hydroxylation is 1. The molecule has 110 valence electrons. The second-order valence-electron chi connectivity index (χ2n) is 4.73. The Morgan fingerprint density at radius 1 is 1.24 bits per heavy atom. The van der Waals surface area contributed by atoms with Crippen molar-refractivity contribution in [3.05, 3.63) is 58.1 Å². The number of thioether (sulfide) groups is 1. The third-order valence-electron chi connectivity index (χ3n) is 2.94. The van der Waals surface area contributed by atoms with Gasteiger partial charge < -0.3 is 11.1 Å². The van der Waals surface area contributed by atoms with Crippen LogP contribution in [0.25, 0.3) is 0 Å². The highest BCUT2D eigenvalue weighted by atomic mass is 79.9. The first kappa shape index (κ1) is 15.9. The van der Waals surface area contributed by atoms with E-state index in [1.807, 2.05) is 49.4 Å². The van der Waals surface area contributed by atoms with Crippen molar-refractivity contribution in [3.8, 4) is 0 Å². The molecule has 2 aromatic carbocycles. The Kier molecular flexibility index (Phi) is 5.70. The van der Waals surface area contributed by atoms with E-state index in [1.165, 1.54) is 17.3 Å². The van der Waals surface area contributed by atoms with Crippen molar-refractivity contribution < 1.29 is 4.79 Å². The van der Waals surface area contributed by atoms with Gasteiger partial charge in [-0.2, -0.15) is 0 Å². The molecule has 0 aromatic heterocycles. The van der Waals surface area contributed by atoms with Crippen LogP contribution in [0.5, 0.6) is 0 Å². The first-order valence-corrected chi connectivity index (χ1v) is 8.32. The molecule has 0 aliphatic rings. The van der Waals surface area contributed by atoms with Crippen molar-refractivity contribution in [2.45, 2.75) is 18.4 Å². The molecule has 0 unspecified atom stereocenters. The zero-order valence-electron chi connectivity index (χ0n) is 11.7. The van der Waals surface area contributed by atoms with Crippen LogP contribution in [0.4, 0.5) is 5.69 Å². The molecule has 0 spiro atoms. The van der Waals surface area contributed by atoms with Crippen molar-refractivity contribution in [2.75, 3.05) is 11.5 Å². The Hall–Kier alpha value is -1.46. The number of anilines is 1. The highest BCUT2D eigenvalue weighted by Gasteiger charge is 2.05. The molecule has 0 heterocycles. The lowest BCUT2D eigenvalue weighted by atomic mass is 10.1. The number of hydrogen-bond acceptors (Lipinski definition) is 3. The van der Waals surface area contributed by atoms with Crippen molar-refractivity contribution in [2.24, 2.45) is 0 Å². The van der Waals surface area contributed by atoms with Gasteiger partial charge in [-0.3, -0.25) is 4.79 Å². The van der Waals surface area contributed by atoms with Gasteiger partial charge in [0.15, 0.2) is 0 Å².